The third-order valence-electron chi connectivity index (χ3n) is 1.82. The first-order valence-corrected chi connectivity index (χ1v) is 4.92. The minimum absolute atomic E-state index is 0.0523. The Labute approximate surface area is 76.5 Å². The molecular weight excluding hydrogens is 148 g/mol. The SMILES string of the molecule is C#CC(CCCC)OCCCC. The van der Waals surface area contributed by atoms with E-state index in [9.17, 15) is 0 Å². The van der Waals surface area contributed by atoms with Gasteiger partial charge in [-0.15, -0.1) is 6.42 Å². The molecule has 0 aromatic carbocycles. The fraction of sp³-hybridized carbons (Fsp3) is 0.818. The molecule has 0 aliphatic heterocycles. The highest BCUT2D eigenvalue weighted by Gasteiger charge is 2.02. The molecule has 1 nitrogen and oxygen atoms in total. The van der Waals surface area contributed by atoms with E-state index in [4.69, 9.17) is 11.2 Å². The molecule has 0 amide bonds. The molecule has 0 aromatic rings. The summed E-state index contributed by atoms with van der Waals surface area (Å²) in [5.41, 5.74) is 0. The summed E-state index contributed by atoms with van der Waals surface area (Å²) in [5.74, 6) is 2.67. The van der Waals surface area contributed by atoms with Gasteiger partial charge in [0.05, 0.1) is 0 Å². The zero-order valence-electron chi connectivity index (χ0n) is 8.31. The van der Waals surface area contributed by atoms with Gasteiger partial charge in [0.1, 0.15) is 6.10 Å². The van der Waals surface area contributed by atoms with Crippen LogP contribution in [-0.4, -0.2) is 12.7 Å². The third kappa shape index (κ3) is 6.24. The van der Waals surface area contributed by atoms with Crippen molar-refractivity contribution in [3.8, 4) is 12.3 Å². The van der Waals surface area contributed by atoms with E-state index < -0.39 is 0 Å². The van der Waals surface area contributed by atoms with Gasteiger partial charge in [0.2, 0.25) is 0 Å². The summed E-state index contributed by atoms with van der Waals surface area (Å²) in [6.07, 6.45) is 11.0. The number of unbranched alkanes of at least 4 members (excludes halogenated alkanes) is 2. The van der Waals surface area contributed by atoms with E-state index in [0.29, 0.717) is 0 Å². The minimum atomic E-state index is 0.0523. The van der Waals surface area contributed by atoms with E-state index in [2.05, 4.69) is 19.8 Å². The summed E-state index contributed by atoms with van der Waals surface area (Å²) in [7, 11) is 0. The summed E-state index contributed by atoms with van der Waals surface area (Å²) in [6.45, 7) is 5.13. The van der Waals surface area contributed by atoms with E-state index in [1.807, 2.05) is 0 Å². The molecule has 0 aliphatic rings. The number of ether oxygens (including phenoxy) is 1. The van der Waals surface area contributed by atoms with Gasteiger partial charge in [-0.1, -0.05) is 39.0 Å². The number of hydrogen-bond acceptors (Lipinski definition) is 1. The van der Waals surface area contributed by atoms with Crippen LogP contribution in [0.25, 0.3) is 0 Å². The van der Waals surface area contributed by atoms with Crippen LogP contribution >= 0.6 is 0 Å². The van der Waals surface area contributed by atoms with E-state index in [-0.39, 0.29) is 6.10 Å². The Morgan fingerprint density at radius 1 is 1.25 bits per heavy atom. The highest BCUT2D eigenvalue weighted by molar-refractivity contribution is 4.94. The van der Waals surface area contributed by atoms with Gasteiger partial charge >= 0.3 is 0 Å². The molecule has 12 heavy (non-hydrogen) atoms. The normalized spacial score (nSPS) is 12.4. The fourth-order valence-electron chi connectivity index (χ4n) is 0.974. The largest absolute Gasteiger partial charge is 0.366 e. The number of hydrogen-bond donors (Lipinski definition) is 0. The average Bonchev–Trinajstić information content (AvgIpc) is 2.11. The maximum atomic E-state index is 5.50. The molecule has 0 N–H and O–H groups in total. The van der Waals surface area contributed by atoms with Crippen molar-refractivity contribution in [2.45, 2.75) is 52.1 Å². The van der Waals surface area contributed by atoms with Crippen molar-refractivity contribution in [3.63, 3.8) is 0 Å². The van der Waals surface area contributed by atoms with Gasteiger partial charge in [-0.3, -0.25) is 0 Å². The highest BCUT2D eigenvalue weighted by Crippen LogP contribution is 2.04. The molecule has 0 saturated heterocycles. The highest BCUT2D eigenvalue weighted by atomic mass is 16.5. The molecule has 1 heteroatoms. The first kappa shape index (κ1) is 11.5. The van der Waals surface area contributed by atoms with Crippen LogP contribution in [0.2, 0.25) is 0 Å². The maximum Gasteiger partial charge on any atom is 0.117 e. The topological polar surface area (TPSA) is 9.23 Å². The monoisotopic (exact) mass is 168 g/mol. The van der Waals surface area contributed by atoms with Crippen molar-refractivity contribution in [3.05, 3.63) is 0 Å². The van der Waals surface area contributed by atoms with Gasteiger partial charge in [0, 0.05) is 6.61 Å². The first-order valence-electron chi connectivity index (χ1n) is 4.92. The quantitative estimate of drug-likeness (QED) is 0.419. The second kappa shape index (κ2) is 8.62. The van der Waals surface area contributed by atoms with Crippen molar-refractivity contribution >= 4 is 0 Å². The van der Waals surface area contributed by atoms with Gasteiger partial charge in [-0.05, 0) is 12.8 Å². The van der Waals surface area contributed by atoms with Crippen molar-refractivity contribution in [1.82, 2.24) is 0 Å². The molecular formula is C11H20O. The lowest BCUT2D eigenvalue weighted by atomic mass is 10.2. The van der Waals surface area contributed by atoms with Crippen LogP contribution < -0.4 is 0 Å². The Bertz CT molecular complexity index is 123. The molecule has 0 aromatic heterocycles. The summed E-state index contributed by atoms with van der Waals surface area (Å²) >= 11 is 0. The first-order chi connectivity index (χ1) is 5.85. The minimum Gasteiger partial charge on any atom is -0.366 e. The zero-order valence-corrected chi connectivity index (χ0v) is 8.31. The van der Waals surface area contributed by atoms with Gasteiger partial charge < -0.3 is 4.74 Å². The number of terminal acetylenes is 1. The van der Waals surface area contributed by atoms with Crippen LogP contribution in [0.15, 0.2) is 0 Å². The third-order valence-corrected chi connectivity index (χ3v) is 1.82. The van der Waals surface area contributed by atoms with E-state index in [1.54, 1.807) is 0 Å². The van der Waals surface area contributed by atoms with E-state index >= 15 is 0 Å². The lowest BCUT2D eigenvalue weighted by molar-refractivity contribution is 0.0821. The molecule has 0 fully saturated rings. The maximum absolute atomic E-state index is 5.50. The smallest absolute Gasteiger partial charge is 0.117 e. The number of rotatable bonds is 7. The molecule has 1 unspecified atom stereocenters. The van der Waals surface area contributed by atoms with Crippen LogP contribution in [-0.2, 0) is 4.74 Å². The lowest BCUT2D eigenvalue weighted by Gasteiger charge is -2.10. The van der Waals surface area contributed by atoms with E-state index in [0.717, 1.165) is 19.4 Å². The van der Waals surface area contributed by atoms with Crippen LogP contribution in [0, 0.1) is 12.3 Å². The summed E-state index contributed by atoms with van der Waals surface area (Å²) < 4.78 is 5.50. The molecule has 0 heterocycles. The Morgan fingerprint density at radius 2 is 1.92 bits per heavy atom. The van der Waals surface area contributed by atoms with Crippen LogP contribution in [0.4, 0.5) is 0 Å². The van der Waals surface area contributed by atoms with Crippen molar-refractivity contribution in [1.29, 1.82) is 0 Å². The predicted octanol–water partition coefficient (Wildman–Crippen LogP) is 3.00. The van der Waals surface area contributed by atoms with Crippen LogP contribution in [0.5, 0.6) is 0 Å². The molecule has 0 bridgehead atoms. The molecule has 70 valence electrons. The Balaban J connectivity index is 3.35. The molecule has 0 saturated carbocycles. The average molecular weight is 168 g/mol. The van der Waals surface area contributed by atoms with E-state index in [1.165, 1.54) is 19.3 Å². The standard InChI is InChI=1S/C11H20O/c1-4-7-9-11(6-3)12-10-8-5-2/h3,11H,4-5,7-10H2,1-2H3. The van der Waals surface area contributed by atoms with Crippen molar-refractivity contribution in [2.24, 2.45) is 0 Å². The summed E-state index contributed by atoms with van der Waals surface area (Å²) in [6, 6.07) is 0. The summed E-state index contributed by atoms with van der Waals surface area (Å²) in [4.78, 5) is 0. The van der Waals surface area contributed by atoms with Gasteiger partial charge in [-0.25, -0.2) is 0 Å². The van der Waals surface area contributed by atoms with Gasteiger partial charge in [0.25, 0.3) is 0 Å². The second-order valence-electron chi connectivity index (χ2n) is 3.02. The van der Waals surface area contributed by atoms with Crippen LogP contribution in [0.1, 0.15) is 46.0 Å². The Morgan fingerprint density at radius 3 is 2.42 bits per heavy atom. The Kier molecular flexibility index (Phi) is 8.27. The summed E-state index contributed by atoms with van der Waals surface area (Å²) in [5, 5.41) is 0. The predicted molar refractivity (Wildman–Crippen MR) is 53.0 cm³/mol. The fourth-order valence-corrected chi connectivity index (χ4v) is 0.974. The molecule has 0 aliphatic carbocycles. The van der Waals surface area contributed by atoms with Crippen molar-refractivity contribution in [2.75, 3.05) is 6.61 Å². The Hall–Kier alpha value is -0.480. The van der Waals surface area contributed by atoms with Gasteiger partial charge in [-0.2, -0.15) is 0 Å². The second-order valence-corrected chi connectivity index (χ2v) is 3.02. The molecule has 0 spiro atoms. The zero-order chi connectivity index (χ0) is 9.23. The van der Waals surface area contributed by atoms with Crippen LogP contribution in [0.3, 0.4) is 0 Å². The molecule has 0 rings (SSSR count). The molecule has 0 radical (unpaired) electrons. The molecule has 1 atom stereocenters. The lowest BCUT2D eigenvalue weighted by Crippen LogP contribution is -2.10. The van der Waals surface area contributed by atoms with Crippen molar-refractivity contribution < 1.29 is 4.74 Å². The van der Waals surface area contributed by atoms with Gasteiger partial charge in [0.15, 0.2) is 0 Å².